The van der Waals surface area contributed by atoms with E-state index in [1.54, 1.807) is 17.0 Å². The van der Waals surface area contributed by atoms with E-state index in [-0.39, 0.29) is 28.7 Å². The minimum Gasteiger partial charge on any atom is -0.465 e. The number of nitrogens with zero attached hydrogens (tertiary/aromatic N) is 2. The zero-order chi connectivity index (χ0) is 22.0. The Morgan fingerprint density at radius 2 is 2.03 bits per heavy atom. The highest BCUT2D eigenvalue weighted by molar-refractivity contribution is 6.08. The Balaban J connectivity index is 1.86. The molecule has 0 saturated carbocycles. The second-order valence-electron chi connectivity index (χ2n) is 7.12. The molecule has 1 fully saturated rings. The van der Waals surface area contributed by atoms with Crippen LogP contribution in [0.15, 0.2) is 45.9 Å². The predicted molar refractivity (Wildman–Crippen MR) is 111 cm³/mol. The Bertz CT molecular complexity index is 1200. The number of hydrogen-bond donors (Lipinski definition) is 1. The lowest BCUT2D eigenvalue weighted by Gasteiger charge is -2.30. The van der Waals surface area contributed by atoms with Crippen molar-refractivity contribution in [3.05, 3.63) is 69.9 Å². The van der Waals surface area contributed by atoms with Gasteiger partial charge in [-0.2, -0.15) is 0 Å². The van der Waals surface area contributed by atoms with Gasteiger partial charge in [0.15, 0.2) is 11.6 Å². The van der Waals surface area contributed by atoms with Crippen LogP contribution in [0.2, 0.25) is 0 Å². The Labute approximate surface area is 175 Å². The molecule has 1 saturated heterocycles. The summed E-state index contributed by atoms with van der Waals surface area (Å²) in [6, 6.07) is 4.18. The molecule has 3 heterocycles. The molecule has 0 spiro atoms. The monoisotopic (exact) mass is 431 g/mol. The number of pyridine rings is 1. The Morgan fingerprint density at radius 1 is 1.26 bits per heavy atom. The second-order valence-corrected chi connectivity index (χ2v) is 7.12. The van der Waals surface area contributed by atoms with Gasteiger partial charge in [0, 0.05) is 32.4 Å². The SMILES string of the molecule is O=C(C=Cc1ccco1)c1cn(CCF)c2c(F)c(N3CCNCC3)c(F)cc2c1=O. The number of benzene rings is 1. The number of alkyl halides is 1. The lowest BCUT2D eigenvalue weighted by molar-refractivity contribution is 0.104. The summed E-state index contributed by atoms with van der Waals surface area (Å²) in [7, 11) is 0. The maximum absolute atomic E-state index is 15.4. The van der Waals surface area contributed by atoms with E-state index < -0.39 is 29.5 Å². The Hall–Kier alpha value is -3.33. The quantitative estimate of drug-likeness (QED) is 0.480. The topological polar surface area (TPSA) is 67.5 Å². The molecule has 0 unspecified atom stereocenters. The number of fused-ring (bicyclic) bond motifs is 1. The molecule has 0 amide bonds. The molecule has 1 aromatic carbocycles. The highest BCUT2D eigenvalue weighted by atomic mass is 19.1. The zero-order valence-electron chi connectivity index (χ0n) is 16.5. The molecule has 9 heteroatoms. The Kier molecular flexibility index (Phi) is 5.94. The van der Waals surface area contributed by atoms with Crippen LogP contribution in [0.25, 0.3) is 17.0 Å². The fourth-order valence-corrected chi connectivity index (χ4v) is 3.73. The number of nitrogens with one attached hydrogen (secondary N) is 1. The van der Waals surface area contributed by atoms with Gasteiger partial charge in [0.05, 0.1) is 29.3 Å². The summed E-state index contributed by atoms with van der Waals surface area (Å²) in [5.74, 6) is -2.11. The van der Waals surface area contributed by atoms with E-state index in [9.17, 15) is 18.4 Å². The van der Waals surface area contributed by atoms with Crippen molar-refractivity contribution in [2.24, 2.45) is 0 Å². The first-order valence-electron chi connectivity index (χ1n) is 9.84. The van der Waals surface area contributed by atoms with Crippen LogP contribution in [-0.4, -0.2) is 43.2 Å². The lowest BCUT2D eigenvalue weighted by Crippen LogP contribution is -2.44. The van der Waals surface area contributed by atoms with Crippen LogP contribution in [0.1, 0.15) is 16.1 Å². The van der Waals surface area contributed by atoms with E-state index in [0.29, 0.717) is 31.9 Å². The molecule has 1 aliphatic rings. The number of allylic oxidation sites excluding steroid dienone is 1. The molecule has 4 rings (SSSR count). The number of piperazine rings is 1. The van der Waals surface area contributed by atoms with Gasteiger partial charge < -0.3 is 19.2 Å². The third kappa shape index (κ3) is 4.00. The molecule has 3 aromatic rings. The lowest BCUT2D eigenvalue weighted by atomic mass is 10.1. The van der Waals surface area contributed by atoms with Crippen LogP contribution in [0, 0.1) is 11.6 Å². The number of rotatable bonds is 6. The summed E-state index contributed by atoms with van der Waals surface area (Å²) in [6.45, 7) is 0.755. The summed E-state index contributed by atoms with van der Waals surface area (Å²) in [5.41, 5.74) is -1.59. The normalized spacial score (nSPS) is 14.6. The van der Waals surface area contributed by atoms with Gasteiger partial charge in [-0.3, -0.25) is 9.59 Å². The van der Waals surface area contributed by atoms with Crippen LogP contribution in [0.5, 0.6) is 0 Å². The number of anilines is 1. The van der Waals surface area contributed by atoms with E-state index >= 15 is 4.39 Å². The van der Waals surface area contributed by atoms with Gasteiger partial charge in [0.1, 0.15) is 23.9 Å². The number of furan rings is 1. The number of carbonyl (C=O) groups excluding carboxylic acids is 1. The first-order chi connectivity index (χ1) is 15.0. The molecular weight excluding hydrogens is 411 g/mol. The number of halogens is 3. The number of ketones is 1. The fraction of sp³-hybridized carbons (Fsp3) is 0.273. The summed E-state index contributed by atoms with van der Waals surface area (Å²) in [5, 5.41) is 2.80. The molecule has 162 valence electrons. The molecule has 1 N–H and O–H groups in total. The van der Waals surface area contributed by atoms with Gasteiger partial charge in [-0.1, -0.05) is 0 Å². The van der Waals surface area contributed by atoms with Crippen LogP contribution < -0.4 is 15.6 Å². The zero-order valence-corrected chi connectivity index (χ0v) is 16.5. The van der Waals surface area contributed by atoms with Gasteiger partial charge >= 0.3 is 0 Å². The molecule has 6 nitrogen and oxygen atoms in total. The van der Waals surface area contributed by atoms with Crippen LogP contribution >= 0.6 is 0 Å². The standard InChI is InChI=1S/C22H20F3N3O3/c23-5-8-28-13-16(18(29)4-3-14-2-1-11-31-14)22(30)15-12-17(24)21(19(25)20(15)28)27-9-6-26-7-10-27/h1-4,11-13,26H,5-10H2. The van der Waals surface area contributed by atoms with Crippen molar-refractivity contribution in [1.29, 1.82) is 0 Å². The van der Waals surface area contributed by atoms with E-state index in [1.165, 1.54) is 12.3 Å². The first kappa shape index (κ1) is 20.9. The molecular formula is C22H20F3N3O3. The minimum atomic E-state index is -0.937. The van der Waals surface area contributed by atoms with Crippen molar-refractivity contribution in [1.82, 2.24) is 9.88 Å². The maximum atomic E-state index is 15.4. The van der Waals surface area contributed by atoms with Gasteiger partial charge in [0.25, 0.3) is 0 Å². The van der Waals surface area contributed by atoms with Crippen molar-refractivity contribution < 1.29 is 22.4 Å². The average Bonchev–Trinajstić information content (AvgIpc) is 3.28. The molecule has 31 heavy (non-hydrogen) atoms. The Morgan fingerprint density at radius 3 is 2.71 bits per heavy atom. The highest BCUT2D eigenvalue weighted by Crippen LogP contribution is 2.30. The molecule has 1 aliphatic heterocycles. The van der Waals surface area contributed by atoms with Crippen LogP contribution in [-0.2, 0) is 6.54 Å². The van der Waals surface area contributed by atoms with E-state index in [0.717, 1.165) is 22.9 Å². The molecule has 0 aliphatic carbocycles. The molecule has 2 aromatic heterocycles. The van der Waals surface area contributed by atoms with Crippen LogP contribution in [0.4, 0.5) is 18.9 Å². The summed E-state index contributed by atoms with van der Waals surface area (Å²) < 4.78 is 49.8. The van der Waals surface area contributed by atoms with Gasteiger partial charge in [-0.15, -0.1) is 0 Å². The third-order valence-electron chi connectivity index (χ3n) is 5.20. The largest absolute Gasteiger partial charge is 0.465 e. The number of hydrogen-bond acceptors (Lipinski definition) is 5. The highest BCUT2D eigenvalue weighted by Gasteiger charge is 2.25. The molecule has 0 bridgehead atoms. The average molecular weight is 431 g/mol. The minimum absolute atomic E-state index is 0.218. The van der Waals surface area contributed by atoms with Gasteiger partial charge in [-0.05, 0) is 30.4 Å². The second kappa shape index (κ2) is 8.81. The van der Waals surface area contributed by atoms with E-state index in [4.69, 9.17) is 4.42 Å². The number of aromatic nitrogens is 1. The van der Waals surface area contributed by atoms with E-state index in [1.807, 2.05) is 0 Å². The van der Waals surface area contributed by atoms with Gasteiger partial charge in [-0.25, -0.2) is 13.2 Å². The summed E-state index contributed by atoms with van der Waals surface area (Å²) in [4.78, 5) is 27.1. The van der Waals surface area contributed by atoms with Crippen molar-refractivity contribution >= 4 is 28.4 Å². The van der Waals surface area contributed by atoms with E-state index in [2.05, 4.69) is 5.32 Å². The third-order valence-corrected chi connectivity index (χ3v) is 5.20. The fourth-order valence-electron chi connectivity index (χ4n) is 3.73. The summed E-state index contributed by atoms with van der Waals surface area (Å²) in [6.07, 6.45) is 5.06. The van der Waals surface area contributed by atoms with Crippen molar-refractivity contribution in [3.8, 4) is 0 Å². The van der Waals surface area contributed by atoms with Gasteiger partial charge in [0.2, 0.25) is 5.43 Å². The van der Waals surface area contributed by atoms with Crippen molar-refractivity contribution in [2.45, 2.75) is 6.54 Å². The predicted octanol–water partition coefficient (Wildman–Crippen LogP) is 3.15. The van der Waals surface area contributed by atoms with Crippen LogP contribution in [0.3, 0.4) is 0 Å². The molecule has 0 atom stereocenters. The first-order valence-corrected chi connectivity index (χ1v) is 9.84. The van der Waals surface area contributed by atoms with Crippen molar-refractivity contribution in [3.63, 3.8) is 0 Å². The number of carbonyl (C=O) groups is 1. The maximum Gasteiger partial charge on any atom is 0.200 e. The van der Waals surface area contributed by atoms with Crippen molar-refractivity contribution in [2.75, 3.05) is 37.8 Å². The number of aryl methyl sites for hydroxylation is 1. The summed E-state index contributed by atoms with van der Waals surface area (Å²) >= 11 is 0. The molecule has 0 radical (unpaired) electrons. The smallest absolute Gasteiger partial charge is 0.200 e.